The smallest absolute Gasteiger partial charge is 0.249 e. The van der Waals surface area contributed by atoms with Gasteiger partial charge in [-0.1, -0.05) is 30.3 Å². The van der Waals surface area contributed by atoms with E-state index in [1.54, 1.807) is 0 Å². The van der Waals surface area contributed by atoms with Gasteiger partial charge in [0.15, 0.2) is 0 Å². The molecule has 1 aliphatic rings. The zero-order chi connectivity index (χ0) is 13.0. The second-order valence-corrected chi connectivity index (χ2v) is 4.63. The average Bonchev–Trinajstić information content (AvgIpc) is 2.40. The van der Waals surface area contributed by atoms with Crippen LogP contribution in [0.2, 0.25) is 0 Å². The molecule has 2 N–H and O–H groups in total. The Morgan fingerprint density at radius 2 is 2.17 bits per heavy atom. The Balaban J connectivity index is 2.19. The van der Waals surface area contributed by atoms with Gasteiger partial charge in [-0.25, -0.2) is 0 Å². The van der Waals surface area contributed by atoms with E-state index in [1.807, 2.05) is 35.2 Å². The summed E-state index contributed by atoms with van der Waals surface area (Å²) in [6.45, 7) is 3.39. The SMILES string of the molecule is CC(c1ccccc1)N1C(=O)COCC1CCN. The first-order valence-corrected chi connectivity index (χ1v) is 6.38. The Kier molecular flexibility index (Phi) is 4.33. The van der Waals surface area contributed by atoms with Gasteiger partial charge in [0.2, 0.25) is 5.91 Å². The summed E-state index contributed by atoms with van der Waals surface area (Å²) in [6.07, 6.45) is 0.781. The Morgan fingerprint density at radius 3 is 2.83 bits per heavy atom. The summed E-state index contributed by atoms with van der Waals surface area (Å²) in [5, 5.41) is 0. The first-order chi connectivity index (χ1) is 8.74. The summed E-state index contributed by atoms with van der Waals surface area (Å²) >= 11 is 0. The third-order valence-corrected chi connectivity index (χ3v) is 3.42. The molecule has 4 nitrogen and oxygen atoms in total. The van der Waals surface area contributed by atoms with Crippen LogP contribution in [0.25, 0.3) is 0 Å². The lowest BCUT2D eigenvalue weighted by Gasteiger charge is -2.39. The highest BCUT2D eigenvalue weighted by molar-refractivity contribution is 5.79. The molecule has 18 heavy (non-hydrogen) atoms. The molecule has 2 unspecified atom stereocenters. The second-order valence-electron chi connectivity index (χ2n) is 4.63. The largest absolute Gasteiger partial charge is 0.369 e. The van der Waals surface area contributed by atoms with E-state index in [2.05, 4.69) is 6.92 Å². The maximum atomic E-state index is 12.1. The van der Waals surface area contributed by atoms with Gasteiger partial charge in [-0.2, -0.15) is 0 Å². The Bertz CT molecular complexity index is 392. The van der Waals surface area contributed by atoms with Crippen LogP contribution < -0.4 is 5.73 Å². The van der Waals surface area contributed by atoms with Gasteiger partial charge in [0.05, 0.1) is 18.7 Å². The highest BCUT2D eigenvalue weighted by Gasteiger charge is 2.32. The zero-order valence-corrected chi connectivity index (χ0v) is 10.7. The van der Waals surface area contributed by atoms with Gasteiger partial charge in [-0.3, -0.25) is 4.79 Å². The van der Waals surface area contributed by atoms with Crippen LogP contribution in [0.1, 0.15) is 24.9 Å². The van der Waals surface area contributed by atoms with Crippen LogP contribution in [-0.2, 0) is 9.53 Å². The van der Waals surface area contributed by atoms with Crippen molar-refractivity contribution in [2.24, 2.45) is 5.73 Å². The Hall–Kier alpha value is -1.39. The Labute approximate surface area is 108 Å². The third kappa shape index (κ3) is 2.71. The number of carbonyl (C=O) groups is 1. The van der Waals surface area contributed by atoms with E-state index in [0.29, 0.717) is 13.2 Å². The standard InChI is InChI=1S/C14H20N2O2/c1-11(12-5-3-2-4-6-12)16-13(7-8-15)9-18-10-14(16)17/h2-6,11,13H,7-10,15H2,1H3. The number of ether oxygens (including phenoxy) is 1. The summed E-state index contributed by atoms with van der Waals surface area (Å²) in [4.78, 5) is 14.0. The van der Waals surface area contributed by atoms with Crippen LogP contribution >= 0.6 is 0 Å². The van der Waals surface area contributed by atoms with Crippen molar-refractivity contribution in [3.63, 3.8) is 0 Å². The van der Waals surface area contributed by atoms with Gasteiger partial charge in [-0.05, 0) is 25.5 Å². The van der Waals surface area contributed by atoms with Crippen molar-refractivity contribution in [1.29, 1.82) is 0 Å². The predicted molar refractivity (Wildman–Crippen MR) is 70.0 cm³/mol. The fraction of sp³-hybridized carbons (Fsp3) is 0.500. The number of hydrogen-bond donors (Lipinski definition) is 1. The number of morpholine rings is 1. The maximum Gasteiger partial charge on any atom is 0.249 e. The van der Waals surface area contributed by atoms with E-state index in [0.717, 1.165) is 12.0 Å². The number of carbonyl (C=O) groups excluding carboxylic acids is 1. The fourth-order valence-corrected chi connectivity index (χ4v) is 2.48. The van der Waals surface area contributed by atoms with Crippen LogP contribution in [0.4, 0.5) is 0 Å². The number of hydrogen-bond acceptors (Lipinski definition) is 3. The van der Waals surface area contributed by atoms with Crippen molar-refractivity contribution in [2.75, 3.05) is 19.8 Å². The van der Waals surface area contributed by atoms with Crippen molar-refractivity contribution in [2.45, 2.75) is 25.4 Å². The number of nitrogens with two attached hydrogens (primary N) is 1. The van der Waals surface area contributed by atoms with E-state index in [9.17, 15) is 4.79 Å². The zero-order valence-electron chi connectivity index (χ0n) is 10.7. The first kappa shape index (κ1) is 13.1. The van der Waals surface area contributed by atoms with E-state index in [1.165, 1.54) is 0 Å². The number of rotatable bonds is 4. The van der Waals surface area contributed by atoms with E-state index in [4.69, 9.17) is 10.5 Å². The van der Waals surface area contributed by atoms with Gasteiger partial charge in [0, 0.05) is 0 Å². The van der Waals surface area contributed by atoms with Crippen molar-refractivity contribution in [1.82, 2.24) is 4.90 Å². The second kappa shape index (κ2) is 5.98. The first-order valence-electron chi connectivity index (χ1n) is 6.38. The monoisotopic (exact) mass is 248 g/mol. The molecular formula is C14H20N2O2. The summed E-state index contributed by atoms with van der Waals surface area (Å²) in [7, 11) is 0. The molecule has 1 aromatic rings. The highest BCUT2D eigenvalue weighted by atomic mass is 16.5. The van der Waals surface area contributed by atoms with Gasteiger partial charge >= 0.3 is 0 Å². The summed E-state index contributed by atoms with van der Waals surface area (Å²) < 4.78 is 5.32. The van der Waals surface area contributed by atoms with Crippen LogP contribution in [0, 0.1) is 0 Å². The molecule has 1 heterocycles. The number of benzene rings is 1. The van der Waals surface area contributed by atoms with E-state index < -0.39 is 0 Å². The predicted octanol–water partition coefficient (Wildman–Crippen LogP) is 1.32. The van der Waals surface area contributed by atoms with Gasteiger partial charge in [0.25, 0.3) is 0 Å². The van der Waals surface area contributed by atoms with Gasteiger partial charge < -0.3 is 15.4 Å². The van der Waals surface area contributed by atoms with Crippen LogP contribution in [0.5, 0.6) is 0 Å². The minimum atomic E-state index is 0.0519. The molecule has 0 saturated carbocycles. The molecule has 0 aromatic heterocycles. The highest BCUT2D eigenvalue weighted by Crippen LogP contribution is 2.25. The molecule has 1 aliphatic heterocycles. The van der Waals surface area contributed by atoms with E-state index >= 15 is 0 Å². The molecule has 1 fully saturated rings. The lowest BCUT2D eigenvalue weighted by atomic mass is 10.0. The number of nitrogens with zero attached hydrogens (tertiary/aromatic N) is 1. The molecule has 1 aromatic carbocycles. The van der Waals surface area contributed by atoms with Crippen molar-refractivity contribution < 1.29 is 9.53 Å². The normalized spacial score (nSPS) is 22.0. The van der Waals surface area contributed by atoms with Crippen molar-refractivity contribution >= 4 is 5.91 Å². The van der Waals surface area contributed by atoms with E-state index in [-0.39, 0.29) is 24.6 Å². The molecule has 4 heteroatoms. The van der Waals surface area contributed by atoms with Gasteiger partial charge in [-0.15, -0.1) is 0 Å². The quantitative estimate of drug-likeness (QED) is 0.874. The molecule has 0 radical (unpaired) electrons. The van der Waals surface area contributed by atoms with Crippen LogP contribution in [0.3, 0.4) is 0 Å². The molecule has 2 rings (SSSR count). The maximum absolute atomic E-state index is 12.1. The fourth-order valence-electron chi connectivity index (χ4n) is 2.48. The topological polar surface area (TPSA) is 55.6 Å². The summed E-state index contributed by atoms with van der Waals surface area (Å²) in [5.74, 6) is 0.0519. The molecule has 0 spiro atoms. The summed E-state index contributed by atoms with van der Waals surface area (Å²) in [5.41, 5.74) is 6.76. The summed E-state index contributed by atoms with van der Waals surface area (Å²) in [6, 6.07) is 10.2. The molecule has 0 bridgehead atoms. The molecule has 98 valence electrons. The Morgan fingerprint density at radius 1 is 1.44 bits per heavy atom. The molecule has 0 aliphatic carbocycles. The lowest BCUT2D eigenvalue weighted by Crippen LogP contribution is -2.51. The molecule has 2 atom stereocenters. The van der Waals surface area contributed by atoms with Crippen LogP contribution in [-0.4, -0.2) is 36.6 Å². The minimum absolute atomic E-state index is 0.0519. The minimum Gasteiger partial charge on any atom is -0.369 e. The third-order valence-electron chi connectivity index (χ3n) is 3.42. The molecule has 1 amide bonds. The van der Waals surface area contributed by atoms with Crippen molar-refractivity contribution in [3.05, 3.63) is 35.9 Å². The molecular weight excluding hydrogens is 228 g/mol. The molecule has 1 saturated heterocycles. The van der Waals surface area contributed by atoms with Gasteiger partial charge in [0.1, 0.15) is 6.61 Å². The van der Waals surface area contributed by atoms with Crippen LogP contribution in [0.15, 0.2) is 30.3 Å². The number of amides is 1. The van der Waals surface area contributed by atoms with Crippen molar-refractivity contribution in [3.8, 4) is 0 Å². The lowest BCUT2D eigenvalue weighted by molar-refractivity contribution is -0.151. The average molecular weight is 248 g/mol.